The fraction of sp³-hybridized carbons (Fsp3) is 0.542. The Morgan fingerprint density at radius 1 is 1.09 bits per heavy atom. The van der Waals surface area contributed by atoms with E-state index in [1.807, 2.05) is 47.4 Å². The monoisotopic (exact) mass is 547 g/mol. The van der Waals surface area contributed by atoms with Crippen molar-refractivity contribution in [3.63, 3.8) is 0 Å². The quantitative estimate of drug-likeness (QED) is 0.470. The van der Waals surface area contributed by atoms with Crippen molar-refractivity contribution in [2.75, 3.05) is 43.4 Å². The summed E-state index contributed by atoms with van der Waals surface area (Å²) in [6, 6.07) is 13.6. The normalized spacial score (nSPS) is 19.8. The Kier molecular flexibility index (Phi) is 11.0. The number of fused-ring (bicyclic) bond motifs is 1. The summed E-state index contributed by atoms with van der Waals surface area (Å²) in [7, 11) is -3.07. The van der Waals surface area contributed by atoms with Crippen LogP contribution in [-0.2, 0) is 9.84 Å². The maximum atomic E-state index is 13.5. The van der Waals surface area contributed by atoms with Gasteiger partial charge in [0.2, 0.25) is 0 Å². The largest absolute Gasteiger partial charge is 0.336 e. The van der Waals surface area contributed by atoms with E-state index in [1.54, 1.807) is 0 Å². The third-order valence-corrected chi connectivity index (χ3v) is 8.87. The molecule has 1 saturated heterocycles. The number of nitrogens with two attached hydrogens (primary N) is 1. The maximum absolute atomic E-state index is 13.5. The van der Waals surface area contributed by atoms with Gasteiger partial charge >= 0.3 is 0 Å². The number of carbonyl (C=O) groups excluding carboxylic acids is 1. The number of amides is 1. The molecule has 1 heterocycles. The Labute approximate surface area is 220 Å². The van der Waals surface area contributed by atoms with Crippen molar-refractivity contribution in [3.8, 4) is 0 Å². The molecule has 1 aliphatic heterocycles. The van der Waals surface area contributed by atoms with Gasteiger partial charge < -0.3 is 10.6 Å². The molecule has 0 unspecified atom stereocenters. The van der Waals surface area contributed by atoms with Crippen LogP contribution in [0.2, 0.25) is 0 Å². The van der Waals surface area contributed by atoms with Crippen LogP contribution < -0.4 is 5.73 Å². The van der Waals surface area contributed by atoms with Crippen LogP contribution in [0.5, 0.6) is 0 Å². The fourth-order valence-corrected chi connectivity index (χ4v) is 6.54. The van der Waals surface area contributed by atoms with Gasteiger partial charge in [0.25, 0.3) is 5.91 Å². The van der Waals surface area contributed by atoms with Gasteiger partial charge in [-0.25, -0.2) is 8.42 Å². The molecule has 2 fully saturated rings. The maximum Gasteiger partial charge on any atom is 0.254 e. The van der Waals surface area contributed by atoms with Crippen molar-refractivity contribution in [2.24, 2.45) is 11.7 Å². The minimum Gasteiger partial charge on any atom is -0.336 e. The lowest BCUT2D eigenvalue weighted by atomic mass is 10.0. The lowest BCUT2D eigenvalue weighted by Crippen LogP contribution is -2.57. The van der Waals surface area contributed by atoms with Crippen LogP contribution >= 0.6 is 37.4 Å². The number of rotatable bonds is 9. The molecule has 4 rings (SSSR count). The highest BCUT2D eigenvalue weighted by molar-refractivity contribution is 7.91. The highest BCUT2D eigenvalue weighted by Gasteiger charge is 2.33. The van der Waals surface area contributed by atoms with E-state index in [4.69, 9.17) is 5.73 Å². The third-order valence-electron chi connectivity index (χ3n) is 6.56. The van der Waals surface area contributed by atoms with Crippen LogP contribution in [0.3, 0.4) is 0 Å². The van der Waals surface area contributed by atoms with Crippen LogP contribution in [0.1, 0.15) is 29.6 Å². The molecule has 1 amide bonds. The molecule has 2 aromatic carbocycles. The van der Waals surface area contributed by atoms with Gasteiger partial charge in [0, 0.05) is 49.6 Å². The molecular weight excluding hydrogens is 513 g/mol. The van der Waals surface area contributed by atoms with E-state index >= 15 is 0 Å². The minimum absolute atomic E-state index is 0. The second-order valence-corrected chi connectivity index (χ2v) is 11.8. The first-order chi connectivity index (χ1) is 15.4. The highest BCUT2D eigenvalue weighted by atomic mass is 35.5. The van der Waals surface area contributed by atoms with Crippen LogP contribution in [-0.4, -0.2) is 79.6 Å². The number of sulfone groups is 1. The standard InChI is InChI=1S/C24H33N3O3S2.2ClH/c25-20(16-31)14-26-11-12-27(15-21(26)10-13-32(29,30)17-18-8-9-18)24(28)23-7-3-5-19-4-1-2-6-22(19)23;;/h1-7,18,20-21,31H,8-17,25H2;2*1H/t20-,21+;;/m1../s1. The summed E-state index contributed by atoms with van der Waals surface area (Å²) in [6.07, 6.45) is 2.57. The van der Waals surface area contributed by atoms with Gasteiger partial charge in [-0.05, 0) is 42.0 Å². The van der Waals surface area contributed by atoms with Crippen LogP contribution in [0.15, 0.2) is 42.5 Å². The first-order valence-corrected chi connectivity index (χ1v) is 13.9. The van der Waals surface area contributed by atoms with E-state index in [1.165, 1.54) is 0 Å². The lowest BCUT2D eigenvalue weighted by Gasteiger charge is -2.42. The van der Waals surface area contributed by atoms with Crippen molar-refractivity contribution in [3.05, 3.63) is 48.0 Å². The average Bonchev–Trinajstić information content (AvgIpc) is 3.60. The third kappa shape index (κ3) is 7.48. The molecule has 10 heteroatoms. The smallest absolute Gasteiger partial charge is 0.254 e. The topological polar surface area (TPSA) is 83.7 Å². The summed E-state index contributed by atoms with van der Waals surface area (Å²) in [4.78, 5) is 17.6. The zero-order valence-electron chi connectivity index (χ0n) is 19.2. The fourth-order valence-electron chi connectivity index (χ4n) is 4.58. The van der Waals surface area contributed by atoms with Gasteiger partial charge in [0.1, 0.15) is 0 Å². The zero-order chi connectivity index (χ0) is 22.7. The van der Waals surface area contributed by atoms with E-state index in [0.29, 0.717) is 55.6 Å². The van der Waals surface area contributed by atoms with Gasteiger partial charge in [0.05, 0.1) is 11.5 Å². The van der Waals surface area contributed by atoms with Crippen molar-refractivity contribution in [2.45, 2.75) is 31.3 Å². The predicted molar refractivity (Wildman–Crippen MR) is 148 cm³/mol. The Morgan fingerprint density at radius 2 is 1.79 bits per heavy atom. The zero-order valence-corrected chi connectivity index (χ0v) is 22.6. The van der Waals surface area contributed by atoms with Gasteiger partial charge in [-0.1, -0.05) is 36.4 Å². The SMILES string of the molecule is Cl.Cl.N[C@@H](CS)CN1CCN(C(=O)c2cccc3ccccc23)C[C@@H]1CCS(=O)(=O)CC1CC1. The van der Waals surface area contributed by atoms with Crippen molar-refractivity contribution in [1.29, 1.82) is 0 Å². The number of piperazine rings is 1. The number of hydrogen-bond donors (Lipinski definition) is 2. The van der Waals surface area contributed by atoms with Gasteiger partial charge in [-0.3, -0.25) is 9.69 Å². The van der Waals surface area contributed by atoms with E-state index < -0.39 is 9.84 Å². The van der Waals surface area contributed by atoms with Crippen LogP contribution in [0, 0.1) is 5.92 Å². The molecule has 0 bridgehead atoms. The predicted octanol–water partition coefficient (Wildman–Crippen LogP) is 3.28. The molecule has 0 radical (unpaired) electrons. The number of halogens is 2. The number of nitrogens with zero attached hydrogens (tertiary/aromatic N) is 2. The lowest BCUT2D eigenvalue weighted by molar-refractivity contribution is 0.0467. The van der Waals surface area contributed by atoms with Crippen molar-refractivity contribution < 1.29 is 13.2 Å². The molecule has 6 nitrogen and oxygen atoms in total. The van der Waals surface area contributed by atoms with Crippen LogP contribution in [0.25, 0.3) is 10.8 Å². The molecule has 34 heavy (non-hydrogen) atoms. The van der Waals surface area contributed by atoms with Crippen molar-refractivity contribution >= 4 is 64.0 Å². The Bertz CT molecular complexity index is 1060. The molecule has 190 valence electrons. The molecular formula is C24H35Cl2N3O3S2. The molecule has 2 aromatic rings. The van der Waals surface area contributed by atoms with Gasteiger partial charge in [-0.2, -0.15) is 12.6 Å². The van der Waals surface area contributed by atoms with E-state index in [9.17, 15) is 13.2 Å². The second-order valence-electron chi connectivity index (χ2n) is 9.22. The van der Waals surface area contributed by atoms with E-state index in [2.05, 4.69) is 17.5 Å². The number of carbonyl (C=O) groups is 1. The molecule has 2 N–H and O–H groups in total. The average molecular weight is 549 g/mol. The summed E-state index contributed by atoms with van der Waals surface area (Å²) in [6.45, 7) is 2.46. The van der Waals surface area contributed by atoms with Gasteiger partial charge in [0.15, 0.2) is 9.84 Å². The van der Waals surface area contributed by atoms with Gasteiger partial charge in [-0.15, -0.1) is 24.8 Å². The Hall–Kier alpha value is -1.03. The Balaban J connectivity index is 0.00000204. The van der Waals surface area contributed by atoms with Crippen LogP contribution in [0.4, 0.5) is 0 Å². The first-order valence-electron chi connectivity index (χ1n) is 11.4. The summed E-state index contributed by atoms with van der Waals surface area (Å²) < 4.78 is 25.1. The molecule has 0 spiro atoms. The summed E-state index contributed by atoms with van der Waals surface area (Å²) in [5, 5.41) is 1.99. The minimum atomic E-state index is -3.07. The molecule has 0 aromatic heterocycles. The van der Waals surface area contributed by atoms with Crippen molar-refractivity contribution in [1.82, 2.24) is 9.80 Å². The number of hydrogen-bond acceptors (Lipinski definition) is 6. The number of benzene rings is 2. The Morgan fingerprint density at radius 3 is 2.50 bits per heavy atom. The molecule has 2 aliphatic rings. The number of thiol groups is 1. The molecule has 2 atom stereocenters. The molecule has 1 saturated carbocycles. The summed E-state index contributed by atoms with van der Waals surface area (Å²) in [5.41, 5.74) is 6.85. The summed E-state index contributed by atoms with van der Waals surface area (Å²) in [5.74, 6) is 1.39. The summed E-state index contributed by atoms with van der Waals surface area (Å²) >= 11 is 4.31. The van der Waals surface area contributed by atoms with E-state index in [0.717, 1.165) is 23.6 Å². The van der Waals surface area contributed by atoms with E-state index in [-0.39, 0.29) is 48.6 Å². The second kappa shape index (κ2) is 12.8. The first kappa shape index (κ1) is 29.2. The molecule has 1 aliphatic carbocycles. The highest BCUT2D eigenvalue weighted by Crippen LogP contribution is 2.31.